The number of benzene rings is 1. The summed E-state index contributed by atoms with van der Waals surface area (Å²) >= 11 is 0. The first-order chi connectivity index (χ1) is 7.61. The van der Waals surface area contributed by atoms with Gasteiger partial charge in [-0.1, -0.05) is 19.1 Å². The molecule has 0 saturated carbocycles. The summed E-state index contributed by atoms with van der Waals surface area (Å²) in [5.74, 6) is 0. The van der Waals surface area contributed by atoms with Gasteiger partial charge in [0.15, 0.2) is 0 Å². The fourth-order valence-electron chi connectivity index (χ4n) is 1.87. The standard InChI is InChI=1S/C12H17N3O/c1-3-10(13)8-4-5-11-9(6-8)7-15(2)12(16)14-11/h4-6,10H,3,7,13H2,1-2H3,(H,14,16)/t10-/m0/s1. The molecule has 1 aliphatic heterocycles. The van der Waals surface area contributed by atoms with Crippen molar-refractivity contribution in [3.63, 3.8) is 0 Å². The summed E-state index contributed by atoms with van der Waals surface area (Å²) in [4.78, 5) is 13.1. The zero-order valence-corrected chi connectivity index (χ0v) is 9.66. The van der Waals surface area contributed by atoms with Crippen LogP contribution in [0.25, 0.3) is 0 Å². The van der Waals surface area contributed by atoms with E-state index in [0.29, 0.717) is 6.54 Å². The van der Waals surface area contributed by atoms with Crippen LogP contribution in [0.1, 0.15) is 30.5 Å². The van der Waals surface area contributed by atoms with Crippen molar-refractivity contribution in [2.24, 2.45) is 5.73 Å². The van der Waals surface area contributed by atoms with Crippen molar-refractivity contribution in [2.45, 2.75) is 25.9 Å². The van der Waals surface area contributed by atoms with Gasteiger partial charge in [0.25, 0.3) is 0 Å². The van der Waals surface area contributed by atoms with Crippen molar-refractivity contribution >= 4 is 11.7 Å². The molecule has 16 heavy (non-hydrogen) atoms. The van der Waals surface area contributed by atoms with Gasteiger partial charge in [0.05, 0.1) is 0 Å². The molecule has 0 bridgehead atoms. The highest BCUT2D eigenvalue weighted by molar-refractivity contribution is 5.92. The van der Waals surface area contributed by atoms with Gasteiger partial charge in [0, 0.05) is 25.3 Å². The van der Waals surface area contributed by atoms with E-state index in [-0.39, 0.29) is 12.1 Å². The Morgan fingerprint density at radius 1 is 1.56 bits per heavy atom. The Hall–Kier alpha value is -1.55. The molecule has 1 aliphatic rings. The van der Waals surface area contributed by atoms with Gasteiger partial charge in [0.2, 0.25) is 0 Å². The number of hydrogen-bond donors (Lipinski definition) is 2. The van der Waals surface area contributed by atoms with Crippen LogP contribution in [0.3, 0.4) is 0 Å². The molecular formula is C12H17N3O. The number of rotatable bonds is 2. The smallest absolute Gasteiger partial charge is 0.321 e. The third kappa shape index (κ3) is 1.88. The molecule has 1 aromatic carbocycles. The molecule has 0 radical (unpaired) electrons. The Kier molecular flexibility index (Phi) is 2.83. The van der Waals surface area contributed by atoms with Gasteiger partial charge in [-0.05, 0) is 23.6 Å². The van der Waals surface area contributed by atoms with E-state index < -0.39 is 0 Å². The topological polar surface area (TPSA) is 58.4 Å². The van der Waals surface area contributed by atoms with Gasteiger partial charge in [-0.3, -0.25) is 0 Å². The summed E-state index contributed by atoms with van der Waals surface area (Å²) in [6.07, 6.45) is 0.918. The Morgan fingerprint density at radius 3 is 3.00 bits per heavy atom. The second-order valence-corrected chi connectivity index (χ2v) is 4.22. The molecule has 1 heterocycles. The fourth-order valence-corrected chi connectivity index (χ4v) is 1.87. The first-order valence-electron chi connectivity index (χ1n) is 5.52. The Balaban J connectivity index is 2.32. The minimum absolute atomic E-state index is 0.0555. The predicted molar refractivity (Wildman–Crippen MR) is 64.1 cm³/mol. The maximum atomic E-state index is 11.4. The molecule has 4 nitrogen and oxygen atoms in total. The second-order valence-electron chi connectivity index (χ2n) is 4.22. The third-order valence-corrected chi connectivity index (χ3v) is 2.99. The summed E-state index contributed by atoms with van der Waals surface area (Å²) < 4.78 is 0. The molecular weight excluding hydrogens is 202 g/mol. The van der Waals surface area contributed by atoms with Gasteiger partial charge in [0.1, 0.15) is 0 Å². The summed E-state index contributed by atoms with van der Waals surface area (Å²) in [6.45, 7) is 2.71. The van der Waals surface area contributed by atoms with Crippen LogP contribution >= 0.6 is 0 Å². The Labute approximate surface area is 95.4 Å². The summed E-state index contributed by atoms with van der Waals surface area (Å²) in [5.41, 5.74) is 9.15. The SMILES string of the molecule is CC[C@H](N)c1ccc2c(c1)CN(C)C(=O)N2. The van der Waals surface area contributed by atoms with E-state index in [1.807, 2.05) is 12.1 Å². The number of amides is 2. The maximum absolute atomic E-state index is 11.4. The fraction of sp³-hybridized carbons (Fsp3) is 0.417. The summed E-state index contributed by atoms with van der Waals surface area (Å²) in [7, 11) is 1.78. The van der Waals surface area contributed by atoms with E-state index in [1.165, 1.54) is 0 Å². The van der Waals surface area contributed by atoms with Gasteiger partial charge in [-0.15, -0.1) is 0 Å². The highest BCUT2D eigenvalue weighted by Crippen LogP contribution is 2.26. The van der Waals surface area contributed by atoms with Crippen molar-refractivity contribution in [3.05, 3.63) is 29.3 Å². The highest BCUT2D eigenvalue weighted by Gasteiger charge is 2.19. The third-order valence-electron chi connectivity index (χ3n) is 2.99. The zero-order chi connectivity index (χ0) is 11.7. The molecule has 1 atom stereocenters. The van der Waals surface area contributed by atoms with E-state index >= 15 is 0 Å². The van der Waals surface area contributed by atoms with Gasteiger partial charge < -0.3 is 16.0 Å². The molecule has 86 valence electrons. The van der Waals surface area contributed by atoms with Gasteiger partial charge in [-0.2, -0.15) is 0 Å². The second kappa shape index (κ2) is 4.14. The van der Waals surface area contributed by atoms with E-state index in [4.69, 9.17) is 5.73 Å². The minimum atomic E-state index is -0.0555. The van der Waals surface area contributed by atoms with Crippen LogP contribution in [-0.4, -0.2) is 18.0 Å². The molecule has 2 amide bonds. The number of nitrogens with two attached hydrogens (primary N) is 1. The lowest BCUT2D eigenvalue weighted by Crippen LogP contribution is -2.35. The van der Waals surface area contributed by atoms with Crippen LogP contribution < -0.4 is 11.1 Å². The van der Waals surface area contributed by atoms with Crippen LogP contribution in [0.4, 0.5) is 10.5 Å². The average Bonchev–Trinajstić information content (AvgIpc) is 2.29. The van der Waals surface area contributed by atoms with Gasteiger partial charge in [-0.25, -0.2) is 4.79 Å². The molecule has 1 aromatic rings. The lowest BCUT2D eigenvalue weighted by Gasteiger charge is -2.26. The molecule has 0 fully saturated rings. The summed E-state index contributed by atoms with van der Waals surface area (Å²) in [5, 5.41) is 2.84. The number of urea groups is 1. The number of nitrogens with one attached hydrogen (secondary N) is 1. The van der Waals surface area contributed by atoms with Crippen molar-refractivity contribution in [1.29, 1.82) is 0 Å². The van der Waals surface area contributed by atoms with E-state index in [1.54, 1.807) is 11.9 Å². The molecule has 0 aliphatic carbocycles. The molecule has 0 unspecified atom stereocenters. The van der Waals surface area contributed by atoms with Crippen molar-refractivity contribution < 1.29 is 4.79 Å². The molecule has 3 N–H and O–H groups in total. The lowest BCUT2D eigenvalue weighted by molar-refractivity contribution is 0.218. The quantitative estimate of drug-likeness (QED) is 0.800. The van der Waals surface area contributed by atoms with E-state index in [9.17, 15) is 4.79 Å². The maximum Gasteiger partial charge on any atom is 0.321 e. The first kappa shape index (κ1) is 11.0. The largest absolute Gasteiger partial charge is 0.324 e. The van der Waals surface area contributed by atoms with Crippen molar-refractivity contribution in [2.75, 3.05) is 12.4 Å². The van der Waals surface area contributed by atoms with E-state index in [0.717, 1.165) is 23.2 Å². The zero-order valence-electron chi connectivity index (χ0n) is 9.66. The van der Waals surface area contributed by atoms with Gasteiger partial charge >= 0.3 is 6.03 Å². The molecule has 2 rings (SSSR count). The van der Waals surface area contributed by atoms with Crippen molar-refractivity contribution in [3.8, 4) is 0 Å². The van der Waals surface area contributed by atoms with E-state index in [2.05, 4.69) is 18.3 Å². The molecule has 0 saturated heterocycles. The van der Waals surface area contributed by atoms with Crippen LogP contribution in [0.5, 0.6) is 0 Å². The highest BCUT2D eigenvalue weighted by atomic mass is 16.2. The van der Waals surface area contributed by atoms with Crippen molar-refractivity contribution in [1.82, 2.24) is 4.90 Å². The predicted octanol–water partition coefficient (Wildman–Crippen LogP) is 2.07. The average molecular weight is 219 g/mol. The molecule has 4 heteroatoms. The van der Waals surface area contributed by atoms with Crippen LogP contribution in [0, 0.1) is 0 Å². The number of carbonyl (C=O) groups excluding carboxylic acids is 1. The van der Waals surface area contributed by atoms with Crippen LogP contribution in [-0.2, 0) is 6.54 Å². The molecule has 0 aromatic heterocycles. The Morgan fingerprint density at radius 2 is 2.31 bits per heavy atom. The van der Waals surface area contributed by atoms with Crippen LogP contribution in [0.2, 0.25) is 0 Å². The minimum Gasteiger partial charge on any atom is -0.324 e. The lowest BCUT2D eigenvalue weighted by atomic mass is 10.0. The summed E-state index contributed by atoms with van der Waals surface area (Å²) in [6, 6.07) is 6.02. The monoisotopic (exact) mass is 219 g/mol. The Bertz CT molecular complexity index is 417. The first-order valence-corrected chi connectivity index (χ1v) is 5.52. The number of nitrogens with zero attached hydrogens (tertiary/aromatic N) is 1. The number of carbonyl (C=O) groups is 1. The molecule has 0 spiro atoms. The number of hydrogen-bond acceptors (Lipinski definition) is 2. The normalized spacial score (nSPS) is 16.7. The van der Waals surface area contributed by atoms with Crippen LogP contribution in [0.15, 0.2) is 18.2 Å². The number of fused-ring (bicyclic) bond motifs is 1. The number of anilines is 1.